The maximum absolute atomic E-state index is 5.95. The van der Waals surface area contributed by atoms with Crippen molar-refractivity contribution in [1.82, 2.24) is 0 Å². The van der Waals surface area contributed by atoms with Gasteiger partial charge in [0.2, 0.25) is 0 Å². The first-order chi connectivity index (χ1) is 6.24. The molecule has 74 valence electrons. The Balaban J connectivity index is 4.44. The molecule has 0 atom stereocenters. The molecule has 0 unspecified atom stereocenters. The van der Waals surface area contributed by atoms with Crippen LogP contribution in [0.3, 0.4) is 0 Å². The first-order valence-corrected chi connectivity index (χ1v) is 11.9. The first-order valence-electron chi connectivity index (χ1n) is 4.71. The van der Waals surface area contributed by atoms with Gasteiger partial charge in [-0.2, -0.15) is 0 Å². The van der Waals surface area contributed by atoms with Gasteiger partial charge in [-0.05, 0) is 0 Å². The SMILES string of the molecule is C=C[CH2][Sn]([CH2]C=C)([CH2]C=C)[O]CC. The van der Waals surface area contributed by atoms with E-state index < -0.39 is 18.8 Å². The first kappa shape index (κ1) is 13.0. The van der Waals surface area contributed by atoms with Crippen LogP contribution in [0.5, 0.6) is 0 Å². The summed E-state index contributed by atoms with van der Waals surface area (Å²) >= 11 is -2.42. The van der Waals surface area contributed by atoms with Crippen molar-refractivity contribution in [2.75, 3.05) is 6.61 Å². The van der Waals surface area contributed by atoms with E-state index in [1.165, 1.54) is 0 Å². The average Bonchev–Trinajstić information content (AvgIpc) is 2.06. The molecule has 13 heavy (non-hydrogen) atoms. The Morgan fingerprint density at radius 2 is 1.38 bits per heavy atom. The van der Waals surface area contributed by atoms with Crippen LogP contribution in [-0.2, 0) is 3.07 Å². The van der Waals surface area contributed by atoms with E-state index in [4.69, 9.17) is 3.07 Å². The fourth-order valence-electron chi connectivity index (χ4n) is 1.52. The summed E-state index contributed by atoms with van der Waals surface area (Å²) in [6, 6.07) is 0. The molecule has 0 aliphatic heterocycles. The molecule has 0 aromatic rings. The molecule has 0 aromatic carbocycles. The van der Waals surface area contributed by atoms with Gasteiger partial charge in [-0.25, -0.2) is 0 Å². The molecule has 0 aliphatic rings. The molecule has 0 heterocycles. The molecule has 0 aromatic heterocycles. The van der Waals surface area contributed by atoms with Crippen molar-refractivity contribution in [1.29, 1.82) is 0 Å². The molecule has 0 amide bonds. The van der Waals surface area contributed by atoms with Gasteiger partial charge in [0, 0.05) is 0 Å². The molecule has 0 saturated carbocycles. The molecule has 1 nitrogen and oxygen atoms in total. The van der Waals surface area contributed by atoms with Crippen LogP contribution in [0.25, 0.3) is 0 Å². The summed E-state index contributed by atoms with van der Waals surface area (Å²) in [5.41, 5.74) is 0. The summed E-state index contributed by atoms with van der Waals surface area (Å²) in [5.74, 6) is 0. The molecule has 0 fully saturated rings. The summed E-state index contributed by atoms with van der Waals surface area (Å²) in [6.45, 7) is 14.3. The molecule has 2 heteroatoms. The Bertz CT molecular complexity index is 148. The summed E-state index contributed by atoms with van der Waals surface area (Å²) in [4.78, 5) is 0. The normalized spacial score (nSPS) is 10.8. The molecule has 0 N–H and O–H groups in total. The fourth-order valence-corrected chi connectivity index (χ4v) is 10.2. The second-order valence-electron chi connectivity index (χ2n) is 3.09. The van der Waals surface area contributed by atoms with Gasteiger partial charge in [-0.3, -0.25) is 0 Å². The van der Waals surface area contributed by atoms with E-state index in [9.17, 15) is 0 Å². The standard InChI is InChI=1S/3C3H5.C2H5O.Sn/c3*1-3-2;1-2-3;/h3*3H,1-2H2;2H2,1H3;/q;;;-1;+1. The van der Waals surface area contributed by atoms with Gasteiger partial charge in [0.05, 0.1) is 0 Å². The van der Waals surface area contributed by atoms with Gasteiger partial charge < -0.3 is 0 Å². The quantitative estimate of drug-likeness (QED) is 0.490. The molecular weight excluding hydrogens is 267 g/mol. The minimum absolute atomic E-state index is 0.811. The summed E-state index contributed by atoms with van der Waals surface area (Å²) < 4.78 is 9.12. The Morgan fingerprint density at radius 1 is 1.00 bits per heavy atom. The van der Waals surface area contributed by atoms with Gasteiger partial charge >= 0.3 is 86.7 Å². The van der Waals surface area contributed by atoms with Gasteiger partial charge in [-0.15, -0.1) is 0 Å². The topological polar surface area (TPSA) is 9.23 Å². The van der Waals surface area contributed by atoms with Crippen molar-refractivity contribution in [3.8, 4) is 0 Å². The average molecular weight is 287 g/mol. The van der Waals surface area contributed by atoms with E-state index in [0.717, 1.165) is 19.9 Å². The monoisotopic (exact) mass is 288 g/mol. The minimum atomic E-state index is -2.42. The molecule has 0 spiro atoms. The number of allylic oxidation sites excluding steroid dienone is 3. The van der Waals surface area contributed by atoms with Crippen LogP contribution < -0.4 is 0 Å². The van der Waals surface area contributed by atoms with E-state index >= 15 is 0 Å². The summed E-state index contributed by atoms with van der Waals surface area (Å²) in [7, 11) is 0. The van der Waals surface area contributed by atoms with Crippen molar-refractivity contribution in [2.45, 2.75) is 20.2 Å². The predicted molar refractivity (Wildman–Crippen MR) is 62.4 cm³/mol. The van der Waals surface area contributed by atoms with Gasteiger partial charge in [-0.1, -0.05) is 0 Å². The van der Waals surface area contributed by atoms with Crippen LogP contribution in [0.2, 0.25) is 13.3 Å². The Hall–Kier alpha value is -0.0213. The van der Waals surface area contributed by atoms with Crippen LogP contribution in [0, 0.1) is 0 Å². The molecule has 0 saturated heterocycles. The Labute approximate surface area is 86.6 Å². The second-order valence-corrected chi connectivity index (χ2v) is 14.2. The van der Waals surface area contributed by atoms with Crippen LogP contribution in [0.4, 0.5) is 0 Å². The van der Waals surface area contributed by atoms with Gasteiger partial charge in [0.1, 0.15) is 0 Å². The summed E-state index contributed by atoms with van der Waals surface area (Å²) in [5, 5.41) is 0. The zero-order valence-electron chi connectivity index (χ0n) is 8.59. The third kappa shape index (κ3) is 4.67. The van der Waals surface area contributed by atoms with E-state index in [1.807, 2.05) is 18.2 Å². The predicted octanol–water partition coefficient (Wildman–Crippen LogP) is 3.53. The molecule has 0 radical (unpaired) electrons. The van der Waals surface area contributed by atoms with Crippen molar-refractivity contribution < 1.29 is 3.07 Å². The number of hydrogen-bond acceptors (Lipinski definition) is 1. The zero-order valence-corrected chi connectivity index (χ0v) is 11.4. The molecular formula is C11H20OSn. The van der Waals surface area contributed by atoms with E-state index in [0.29, 0.717) is 0 Å². The van der Waals surface area contributed by atoms with Crippen LogP contribution >= 0.6 is 0 Å². The number of hydrogen-bond donors (Lipinski definition) is 0. The second kappa shape index (κ2) is 7.39. The molecule has 0 bridgehead atoms. The van der Waals surface area contributed by atoms with Crippen LogP contribution in [0.15, 0.2) is 38.0 Å². The number of rotatable bonds is 8. The third-order valence-electron chi connectivity index (χ3n) is 2.00. The molecule has 0 aliphatic carbocycles. The fraction of sp³-hybridized carbons (Fsp3) is 0.455. The summed E-state index contributed by atoms with van der Waals surface area (Å²) in [6.07, 6.45) is 5.95. The van der Waals surface area contributed by atoms with Crippen LogP contribution in [0.1, 0.15) is 6.92 Å². The van der Waals surface area contributed by atoms with Crippen molar-refractivity contribution >= 4 is 18.8 Å². The van der Waals surface area contributed by atoms with Crippen molar-refractivity contribution in [3.05, 3.63) is 38.0 Å². The molecule has 0 rings (SSSR count). The van der Waals surface area contributed by atoms with Gasteiger partial charge in [0.25, 0.3) is 0 Å². The van der Waals surface area contributed by atoms with E-state index in [1.54, 1.807) is 0 Å². The Morgan fingerprint density at radius 3 is 1.62 bits per heavy atom. The zero-order chi connectivity index (χ0) is 10.2. The maximum atomic E-state index is 5.95. The third-order valence-corrected chi connectivity index (χ3v) is 13.4. The van der Waals surface area contributed by atoms with Crippen LogP contribution in [-0.4, -0.2) is 25.4 Å². The van der Waals surface area contributed by atoms with Crippen molar-refractivity contribution in [2.24, 2.45) is 0 Å². The van der Waals surface area contributed by atoms with Gasteiger partial charge in [0.15, 0.2) is 0 Å². The Kier molecular flexibility index (Phi) is 7.38. The van der Waals surface area contributed by atoms with Crippen molar-refractivity contribution in [3.63, 3.8) is 0 Å². The van der Waals surface area contributed by atoms with E-state index in [2.05, 4.69) is 26.7 Å². The van der Waals surface area contributed by atoms with E-state index in [-0.39, 0.29) is 0 Å².